The molecule has 16 heavy (non-hydrogen) atoms. The van der Waals surface area contributed by atoms with Gasteiger partial charge >= 0.3 is 0 Å². The van der Waals surface area contributed by atoms with Gasteiger partial charge in [-0.3, -0.25) is 0 Å². The van der Waals surface area contributed by atoms with E-state index < -0.39 is 0 Å². The average molecular weight is 301 g/mol. The molecule has 0 radical (unpaired) electrons. The second kappa shape index (κ2) is 5.04. The number of furan rings is 1. The molecule has 0 aliphatic heterocycles. The third kappa shape index (κ3) is 2.32. The Labute approximate surface area is 108 Å². The molecule has 1 heterocycles. The number of benzene rings is 1. The molecule has 0 saturated heterocycles. The minimum atomic E-state index is 0.733. The van der Waals surface area contributed by atoms with Crippen LogP contribution in [0.25, 0.3) is 11.3 Å². The van der Waals surface area contributed by atoms with Crippen LogP contribution >= 0.6 is 27.5 Å². The summed E-state index contributed by atoms with van der Waals surface area (Å²) in [6.45, 7) is 0.753. The highest BCUT2D eigenvalue weighted by Crippen LogP contribution is 2.32. The van der Waals surface area contributed by atoms with Crippen LogP contribution in [0, 0.1) is 0 Å². The molecule has 0 aliphatic rings. The van der Waals surface area contributed by atoms with E-state index >= 15 is 0 Å². The van der Waals surface area contributed by atoms with Gasteiger partial charge in [0.15, 0.2) is 0 Å². The Bertz CT molecular complexity index is 496. The van der Waals surface area contributed by atoms with Gasteiger partial charge in [0.2, 0.25) is 0 Å². The summed E-state index contributed by atoms with van der Waals surface area (Å²) in [5, 5.41) is 3.85. The Morgan fingerprint density at radius 1 is 1.38 bits per heavy atom. The van der Waals surface area contributed by atoms with Crippen LogP contribution in [0.3, 0.4) is 0 Å². The molecular weight excluding hydrogens is 289 g/mol. The van der Waals surface area contributed by atoms with Crippen molar-refractivity contribution in [3.8, 4) is 11.3 Å². The summed E-state index contributed by atoms with van der Waals surface area (Å²) in [5.41, 5.74) is 2.17. The molecule has 0 spiro atoms. The third-order valence-electron chi connectivity index (χ3n) is 2.30. The first-order chi connectivity index (χ1) is 7.72. The lowest BCUT2D eigenvalue weighted by Crippen LogP contribution is -2.06. The largest absolute Gasteiger partial charge is 0.463 e. The van der Waals surface area contributed by atoms with E-state index in [1.165, 1.54) is 0 Å². The van der Waals surface area contributed by atoms with Crippen LogP contribution in [-0.4, -0.2) is 7.05 Å². The Hall–Kier alpha value is -0.770. The van der Waals surface area contributed by atoms with Crippen molar-refractivity contribution in [2.45, 2.75) is 6.54 Å². The highest BCUT2D eigenvalue weighted by molar-refractivity contribution is 9.10. The maximum atomic E-state index is 5.98. The normalized spacial score (nSPS) is 10.7. The zero-order valence-corrected chi connectivity index (χ0v) is 11.1. The van der Waals surface area contributed by atoms with E-state index in [1.54, 1.807) is 6.26 Å². The van der Waals surface area contributed by atoms with Crippen molar-refractivity contribution >= 4 is 27.5 Å². The summed E-state index contributed by atoms with van der Waals surface area (Å²) in [4.78, 5) is 0. The molecular formula is C12H11BrClNO. The quantitative estimate of drug-likeness (QED) is 0.924. The lowest BCUT2D eigenvalue weighted by Gasteiger charge is -2.08. The van der Waals surface area contributed by atoms with E-state index in [0.29, 0.717) is 0 Å². The van der Waals surface area contributed by atoms with E-state index in [2.05, 4.69) is 21.2 Å². The van der Waals surface area contributed by atoms with Gasteiger partial charge in [-0.1, -0.05) is 11.6 Å². The second-order valence-corrected chi connectivity index (χ2v) is 4.72. The maximum absolute atomic E-state index is 5.98. The highest BCUT2D eigenvalue weighted by Gasteiger charge is 2.11. The first-order valence-corrected chi connectivity index (χ1v) is 6.06. The molecule has 0 bridgehead atoms. The first-order valence-electron chi connectivity index (χ1n) is 4.88. The van der Waals surface area contributed by atoms with Gasteiger partial charge in [0, 0.05) is 17.1 Å². The summed E-state index contributed by atoms with van der Waals surface area (Å²) >= 11 is 9.44. The Balaban J connectivity index is 2.51. The van der Waals surface area contributed by atoms with Crippen molar-refractivity contribution in [1.29, 1.82) is 0 Å². The Morgan fingerprint density at radius 2 is 2.19 bits per heavy atom. The molecule has 0 aliphatic carbocycles. The molecule has 1 aromatic heterocycles. The van der Waals surface area contributed by atoms with Gasteiger partial charge in [-0.25, -0.2) is 0 Å². The van der Waals surface area contributed by atoms with Gasteiger partial charge in [0.05, 0.1) is 10.7 Å². The fourth-order valence-corrected chi connectivity index (χ4v) is 2.22. The molecule has 2 aromatic rings. The molecule has 0 fully saturated rings. The monoisotopic (exact) mass is 299 g/mol. The smallest absolute Gasteiger partial charge is 0.148 e. The Kier molecular flexibility index (Phi) is 3.69. The molecule has 2 rings (SSSR count). The molecule has 0 atom stereocenters. The fourth-order valence-electron chi connectivity index (χ4n) is 1.61. The van der Waals surface area contributed by atoms with Crippen LogP contribution in [0.4, 0.5) is 0 Å². The third-order valence-corrected chi connectivity index (χ3v) is 3.16. The lowest BCUT2D eigenvalue weighted by molar-refractivity contribution is 0.580. The molecule has 4 heteroatoms. The zero-order valence-electron chi connectivity index (χ0n) is 8.76. The van der Waals surface area contributed by atoms with Gasteiger partial charge in [-0.05, 0) is 52.8 Å². The predicted molar refractivity (Wildman–Crippen MR) is 69.6 cm³/mol. The van der Waals surface area contributed by atoms with Crippen molar-refractivity contribution in [1.82, 2.24) is 5.32 Å². The Morgan fingerprint density at radius 3 is 2.81 bits per heavy atom. The van der Waals surface area contributed by atoms with Crippen LogP contribution in [0.5, 0.6) is 0 Å². The number of rotatable bonds is 3. The van der Waals surface area contributed by atoms with Crippen LogP contribution in [0.15, 0.2) is 39.4 Å². The average Bonchev–Trinajstić information content (AvgIpc) is 2.65. The maximum Gasteiger partial charge on any atom is 0.148 e. The number of nitrogens with one attached hydrogen (secondary N) is 1. The highest BCUT2D eigenvalue weighted by atomic mass is 79.9. The minimum absolute atomic E-state index is 0.733. The molecule has 0 amide bonds. The molecule has 84 valence electrons. The molecule has 0 saturated carbocycles. The van der Waals surface area contributed by atoms with E-state index in [9.17, 15) is 0 Å². The number of halogens is 2. The van der Waals surface area contributed by atoms with E-state index in [0.717, 1.165) is 32.9 Å². The predicted octanol–water partition coefficient (Wildman–Crippen LogP) is 4.08. The second-order valence-electron chi connectivity index (χ2n) is 3.43. The lowest BCUT2D eigenvalue weighted by atomic mass is 10.1. The standard InChI is InChI=1S/C12H11BrClNO/c1-15-7-8-6-9(14)2-3-10(8)12-11(13)4-5-16-12/h2-6,15H,7H2,1H3. The number of hydrogen-bond acceptors (Lipinski definition) is 2. The van der Waals surface area contributed by atoms with E-state index in [-0.39, 0.29) is 0 Å². The van der Waals surface area contributed by atoms with Gasteiger partial charge < -0.3 is 9.73 Å². The molecule has 2 nitrogen and oxygen atoms in total. The number of hydrogen-bond donors (Lipinski definition) is 1. The van der Waals surface area contributed by atoms with Crippen LogP contribution < -0.4 is 5.32 Å². The topological polar surface area (TPSA) is 25.2 Å². The van der Waals surface area contributed by atoms with Crippen molar-refractivity contribution in [3.63, 3.8) is 0 Å². The zero-order chi connectivity index (χ0) is 11.5. The van der Waals surface area contributed by atoms with Gasteiger partial charge in [-0.15, -0.1) is 0 Å². The fraction of sp³-hybridized carbons (Fsp3) is 0.167. The van der Waals surface area contributed by atoms with Crippen LogP contribution in [-0.2, 0) is 6.54 Å². The van der Waals surface area contributed by atoms with Crippen molar-refractivity contribution in [2.75, 3.05) is 7.05 Å². The summed E-state index contributed by atoms with van der Waals surface area (Å²) in [6.07, 6.45) is 1.66. The van der Waals surface area contributed by atoms with Gasteiger partial charge in [-0.2, -0.15) is 0 Å². The van der Waals surface area contributed by atoms with Crippen LogP contribution in [0.1, 0.15) is 5.56 Å². The van der Waals surface area contributed by atoms with Crippen molar-refractivity contribution in [3.05, 3.63) is 45.6 Å². The summed E-state index contributed by atoms with van der Waals surface area (Å²) in [5.74, 6) is 0.835. The van der Waals surface area contributed by atoms with E-state index in [4.69, 9.17) is 16.0 Å². The molecule has 0 unspecified atom stereocenters. The van der Waals surface area contributed by atoms with E-state index in [1.807, 2.05) is 31.3 Å². The van der Waals surface area contributed by atoms with Gasteiger partial charge in [0.1, 0.15) is 5.76 Å². The summed E-state index contributed by atoms with van der Waals surface area (Å²) in [6, 6.07) is 7.67. The molecule has 1 aromatic carbocycles. The SMILES string of the molecule is CNCc1cc(Cl)ccc1-c1occc1Br. The van der Waals surface area contributed by atoms with Gasteiger partial charge in [0.25, 0.3) is 0 Å². The molecule has 1 N–H and O–H groups in total. The summed E-state index contributed by atoms with van der Waals surface area (Å²) in [7, 11) is 1.90. The van der Waals surface area contributed by atoms with Crippen molar-refractivity contribution in [2.24, 2.45) is 0 Å². The summed E-state index contributed by atoms with van der Waals surface area (Å²) < 4.78 is 6.41. The minimum Gasteiger partial charge on any atom is -0.463 e. The van der Waals surface area contributed by atoms with Crippen LogP contribution in [0.2, 0.25) is 5.02 Å². The van der Waals surface area contributed by atoms with Crippen molar-refractivity contribution < 1.29 is 4.42 Å². The first kappa shape index (κ1) is 11.7.